The highest BCUT2D eigenvalue weighted by Gasteiger charge is 2.48. The first-order valence-electron chi connectivity index (χ1n) is 13.8. The molecule has 0 aliphatic carbocycles. The summed E-state index contributed by atoms with van der Waals surface area (Å²) in [4.78, 5) is 18.3. The second kappa shape index (κ2) is 12.0. The van der Waals surface area contributed by atoms with Crippen LogP contribution in [0.25, 0.3) is 0 Å². The molecule has 3 atom stereocenters. The van der Waals surface area contributed by atoms with E-state index in [0.717, 1.165) is 17.7 Å². The largest absolute Gasteiger partial charge is 0.462 e. The zero-order valence-electron chi connectivity index (χ0n) is 23.2. The molecule has 1 fully saturated rings. The van der Waals surface area contributed by atoms with Gasteiger partial charge in [-0.2, -0.15) is 8.42 Å². The van der Waals surface area contributed by atoms with Crippen LogP contribution in [0.1, 0.15) is 43.0 Å². The lowest BCUT2D eigenvalue weighted by atomic mass is 9.86. The van der Waals surface area contributed by atoms with E-state index in [0.29, 0.717) is 13.1 Å². The van der Waals surface area contributed by atoms with Gasteiger partial charge in [0.1, 0.15) is 10.7 Å². The monoisotopic (exact) mass is 560 g/mol. The molecule has 0 aromatic heterocycles. The summed E-state index contributed by atoms with van der Waals surface area (Å²) < 4.78 is 38.1. The van der Waals surface area contributed by atoms with Gasteiger partial charge in [0.05, 0.1) is 18.2 Å². The standard InChI is InChI=1S/C32H36N2O5S/c1-4-38-32(35)31-29-22-33(20-25-11-7-5-8-12-25)21-27(34(29)24(3)26-13-9-6-10-14-26)19-30(31)39-40(36,37)28-17-15-23(2)16-18-28/h5-18,24,27,29H,4,19-22H2,1-3H3/t24-,27?,29?/m0/s1. The molecule has 210 valence electrons. The number of hydrogen-bond donors (Lipinski definition) is 0. The number of carbonyl (C=O) groups is 1. The molecule has 7 nitrogen and oxygen atoms in total. The zero-order chi connectivity index (χ0) is 28.3. The predicted molar refractivity (Wildman–Crippen MR) is 154 cm³/mol. The molecule has 3 aromatic rings. The topological polar surface area (TPSA) is 76.1 Å². The summed E-state index contributed by atoms with van der Waals surface area (Å²) in [6.07, 6.45) is 0.276. The fraction of sp³-hybridized carbons (Fsp3) is 0.344. The van der Waals surface area contributed by atoms with Gasteiger partial charge in [0.25, 0.3) is 0 Å². The van der Waals surface area contributed by atoms with Crippen molar-refractivity contribution in [3.8, 4) is 0 Å². The number of esters is 1. The number of rotatable bonds is 9. The summed E-state index contributed by atoms with van der Waals surface area (Å²) in [6.45, 7) is 7.93. The summed E-state index contributed by atoms with van der Waals surface area (Å²) >= 11 is 0. The summed E-state index contributed by atoms with van der Waals surface area (Å²) in [5.41, 5.74) is 3.55. The molecule has 2 bridgehead atoms. The maximum absolute atomic E-state index is 13.5. The minimum absolute atomic E-state index is 0.00485. The van der Waals surface area contributed by atoms with Crippen LogP contribution in [0.5, 0.6) is 0 Å². The van der Waals surface area contributed by atoms with Gasteiger partial charge >= 0.3 is 16.1 Å². The van der Waals surface area contributed by atoms with Crippen LogP contribution < -0.4 is 0 Å². The van der Waals surface area contributed by atoms with Crippen LogP contribution in [0, 0.1) is 6.92 Å². The Labute approximate surface area is 237 Å². The molecule has 2 unspecified atom stereocenters. The zero-order valence-corrected chi connectivity index (χ0v) is 24.0. The van der Waals surface area contributed by atoms with Crippen LogP contribution in [0.4, 0.5) is 0 Å². The summed E-state index contributed by atoms with van der Waals surface area (Å²) in [5.74, 6) is -0.350. The fourth-order valence-electron chi connectivity index (χ4n) is 5.86. The molecule has 0 N–H and O–H groups in total. The first-order valence-corrected chi connectivity index (χ1v) is 15.2. The maximum Gasteiger partial charge on any atom is 0.339 e. The van der Waals surface area contributed by atoms with Gasteiger partial charge in [0.15, 0.2) is 0 Å². The lowest BCUT2D eigenvalue weighted by molar-refractivity contribution is -0.141. The van der Waals surface area contributed by atoms with Gasteiger partial charge in [-0.3, -0.25) is 9.80 Å². The minimum Gasteiger partial charge on any atom is -0.462 e. The molecule has 2 heterocycles. The van der Waals surface area contributed by atoms with Crippen molar-refractivity contribution in [2.45, 2.75) is 56.8 Å². The van der Waals surface area contributed by atoms with Gasteiger partial charge in [-0.1, -0.05) is 78.4 Å². The molecule has 0 spiro atoms. The molecule has 3 aromatic carbocycles. The second-order valence-electron chi connectivity index (χ2n) is 10.5. The molecule has 5 rings (SSSR count). The Balaban J connectivity index is 1.56. The summed E-state index contributed by atoms with van der Waals surface area (Å²) in [7, 11) is -4.14. The predicted octanol–water partition coefficient (Wildman–Crippen LogP) is 5.24. The molecule has 2 aliphatic heterocycles. The molecular weight excluding hydrogens is 524 g/mol. The van der Waals surface area contributed by atoms with Gasteiger partial charge in [0, 0.05) is 38.1 Å². The third-order valence-corrected chi connectivity index (χ3v) is 9.00. The average Bonchev–Trinajstić information content (AvgIpc) is 2.93. The molecule has 0 radical (unpaired) electrons. The lowest BCUT2D eigenvalue weighted by Crippen LogP contribution is -2.62. The Morgan fingerprint density at radius 3 is 2.25 bits per heavy atom. The van der Waals surface area contributed by atoms with E-state index < -0.39 is 22.1 Å². The van der Waals surface area contributed by atoms with E-state index in [-0.39, 0.29) is 41.3 Å². The highest BCUT2D eigenvalue weighted by atomic mass is 32.2. The van der Waals surface area contributed by atoms with Crippen molar-refractivity contribution in [1.82, 2.24) is 9.80 Å². The van der Waals surface area contributed by atoms with E-state index in [2.05, 4.69) is 41.0 Å². The third-order valence-electron chi connectivity index (χ3n) is 7.73. The van der Waals surface area contributed by atoms with Crippen molar-refractivity contribution in [2.75, 3.05) is 19.7 Å². The van der Waals surface area contributed by atoms with E-state index in [1.165, 1.54) is 17.7 Å². The minimum atomic E-state index is -4.14. The highest BCUT2D eigenvalue weighted by molar-refractivity contribution is 7.86. The Morgan fingerprint density at radius 1 is 0.950 bits per heavy atom. The van der Waals surface area contributed by atoms with Gasteiger partial charge in [-0.25, -0.2) is 4.79 Å². The number of fused-ring (bicyclic) bond motifs is 2. The van der Waals surface area contributed by atoms with Crippen LogP contribution in [-0.4, -0.2) is 56.0 Å². The van der Waals surface area contributed by atoms with Crippen molar-refractivity contribution in [1.29, 1.82) is 0 Å². The van der Waals surface area contributed by atoms with Gasteiger partial charge in [-0.15, -0.1) is 0 Å². The van der Waals surface area contributed by atoms with E-state index >= 15 is 0 Å². The first-order chi connectivity index (χ1) is 19.3. The van der Waals surface area contributed by atoms with Crippen molar-refractivity contribution < 1.29 is 22.1 Å². The van der Waals surface area contributed by atoms with Crippen LogP contribution in [-0.2, 0) is 30.4 Å². The molecular formula is C32H36N2O5S. The molecule has 1 saturated heterocycles. The average molecular weight is 561 g/mol. The number of ether oxygens (including phenoxy) is 1. The molecule has 0 saturated carbocycles. The number of benzene rings is 3. The van der Waals surface area contributed by atoms with Crippen molar-refractivity contribution in [3.05, 3.63) is 113 Å². The SMILES string of the molecule is CCOC(=O)C1=C(OS(=O)(=O)c2ccc(C)cc2)CC2CN(Cc3ccccc3)CC1N2[C@@H](C)c1ccccc1. The van der Waals surface area contributed by atoms with Crippen LogP contribution >= 0.6 is 0 Å². The van der Waals surface area contributed by atoms with Crippen LogP contribution in [0.3, 0.4) is 0 Å². The number of carbonyl (C=O) groups excluding carboxylic acids is 1. The lowest BCUT2D eigenvalue weighted by Gasteiger charge is -2.52. The Hall–Kier alpha value is -3.46. The Bertz CT molecular complexity index is 1460. The quantitative estimate of drug-likeness (QED) is 0.262. The van der Waals surface area contributed by atoms with E-state index in [1.54, 1.807) is 19.1 Å². The van der Waals surface area contributed by atoms with Crippen molar-refractivity contribution in [2.24, 2.45) is 0 Å². The number of nitrogens with zero attached hydrogens (tertiary/aromatic N) is 2. The van der Waals surface area contributed by atoms with Gasteiger partial charge in [-0.05, 0) is 44.0 Å². The fourth-order valence-corrected chi connectivity index (χ4v) is 6.85. The van der Waals surface area contributed by atoms with E-state index in [4.69, 9.17) is 8.92 Å². The van der Waals surface area contributed by atoms with Gasteiger partial charge in [0.2, 0.25) is 0 Å². The normalized spacial score (nSPS) is 20.7. The Kier molecular flexibility index (Phi) is 8.40. The number of aryl methyl sites for hydroxylation is 1. The van der Waals surface area contributed by atoms with Crippen molar-refractivity contribution in [3.63, 3.8) is 0 Å². The van der Waals surface area contributed by atoms with Crippen molar-refractivity contribution >= 4 is 16.1 Å². The number of hydrogen-bond acceptors (Lipinski definition) is 7. The summed E-state index contributed by atoms with van der Waals surface area (Å²) in [5, 5.41) is 0. The summed E-state index contributed by atoms with van der Waals surface area (Å²) in [6, 6.07) is 26.5. The van der Waals surface area contributed by atoms with E-state index in [9.17, 15) is 13.2 Å². The molecule has 2 aliphatic rings. The van der Waals surface area contributed by atoms with Crippen LogP contribution in [0.2, 0.25) is 0 Å². The number of piperazine rings is 1. The molecule has 8 heteroatoms. The molecule has 40 heavy (non-hydrogen) atoms. The smallest absolute Gasteiger partial charge is 0.339 e. The second-order valence-corrected chi connectivity index (χ2v) is 12.0. The Morgan fingerprint density at radius 2 is 1.60 bits per heavy atom. The highest BCUT2D eigenvalue weighted by Crippen LogP contribution is 2.41. The van der Waals surface area contributed by atoms with Crippen LogP contribution in [0.15, 0.2) is 101 Å². The van der Waals surface area contributed by atoms with Gasteiger partial charge < -0.3 is 8.92 Å². The maximum atomic E-state index is 13.5. The third kappa shape index (κ3) is 5.99. The molecule has 0 amide bonds. The first kappa shape index (κ1) is 28.1. The van der Waals surface area contributed by atoms with E-state index in [1.807, 2.05) is 43.3 Å².